The number of carbonyl (C=O) groups excluding carboxylic acids is 1. The molecule has 1 unspecified atom stereocenters. The standard InChI is InChI=1S/C14H19N3O3/c1-14(2,12(15)17-19)13(18)16-8-10-7-9-5-3-4-6-11(9)20-10/h3-6,10,19H,7-8H2,1-2H3,(H2,15,17)(H,16,18). The molecule has 1 atom stereocenters. The summed E-state index contributed by atoms with van der Waals surface area (Å²) in [4.78, 5) is 12.1. The summed E-state index contributed by atoms with van der Waals surface area (Å²) in [6, 6.07) is 7.81. The van der Waals surface area contributed by atoms with Gasteiger partial charge in [0, 0.05) is 6.42 Å². The maximum atomic E-state index is 12.1. The van der Waals surface area contributed by atoms with Crippen molar-refractivity contribution in [2.45, 2.75) is 26.4 Å². The van der Waals surface area contributed by atoms with Crippen LogP contribution in [0, 0.1) is 5.41 Å². The minimum absolute atomic E-state index is 0.0839. The Hall–Kier alpha value is -2.24. The number of para-hydroxylation sites is 1. The molecule has 0 saturated heterocycles. The summed E-state index contributed by atoms with van der Waals surface area (Å²) in [5.41, 5.74) is 5.60. The van der Waals surface area contributed by atoms with Crippen LogP contribution in [0.15, 0.2) is 29.4 Å². The Kier molecular flexibility index (Phi) is 3.83. The first-order valence-corrected chi connectivity index (χ1v) is 6.46. The van der Waals surface area contributed by atoms with Crippen LogP contribution in [0.25, 0.3) is 0 Å². The molecule has 1 amide bonds. The van der Waals surface area contributed by atoms with Crippen LogP contribution in [0.5, 0.6) is 5.75 Å². The smallest absolute Gasteiger partial charge is 0.233 e. The number of rotatable bonds is 4. The third-order valence-electron chi connectivity index (χ3n) is 3.52. The quantitative estimate of drug-likeness (QED) is 0.329. The molecular weight excluding hydrogens is 258 g/mol. The molecule has 4 N–H and O–H groups in total. The number of hydrogen-bond donors (Lipinski definition) is 3. The van der Waals surface area contributed by atoms with E-state index in [2.05, 4.69) is 10.5 Å². The fourth-order valence-electron chi connectivity index (χ4n) is 2.04. The van der Waals surface area contributed by atoms with Crippen molar-refractivity contribution in [3.8, 4) is 5.75 Å². The van der Waals surface area contributed by atoms with E-state index in [0.29, 0.717) is 6.54 Å². The van der Waals surface area contributed by atoms with E-state index in [4.69, 9.17) is 15.7 Å². The topological polar surface area (TPSA) is 96.9 Å². The number of hydrogen-bond acceptors (Lipinski definition) is 4. The minimum atomic E-state index is -1.06. The first-order chi connectivity index (χ1) is 9.45. The van der Waals surface area contributed by atoms with Gasteiger partial charge in [-0.1, -0.05) is 23.4 Å². The lowest BCUT2D eigenvalue weighted by Gasteiger charge is -2.22. The Morgan fingerprint density at radius 2 is 2.25 bits per heavy atom. The summed E-state index contributed by atoms with van der Waals surface area (Å²) in [6.45, 7) is 3.58. The third kappa shape index (κ3) is 2.68. The van der Waals surface area contributed by atoms with Crippen LogP contribution in [0.3, 0.4) is 0 Å². The molecular formula is C14H19N3O3. The second-order valence-corrected chi connectivity index (χ2v) is 5.37. The van der Waals surface area contributed by atoms with Gasteiger partial charge in [-0.15, -0.1) is 0 Å². The summed E-state index contributed by atoms with van der Waals surface area (Å²) in [6.07, 6.45) is 0.680. The van der Waals surface area contributed by atoms with Gasteiger partial charge in [0.15, 0.2) is 5.84 Å². The van der Waals surface area contributed by atoms with E-state index in [0.717, 1.165) is 17.7 Å². The van der Waals surface area contributed by atoms with Crippen LogP contribution >= 0.6 is 0 Å². The first-order valence-electron chi connectivity index (χ1n) is 6.46. The monoisotopic (exact) mass is 277 g/mol. The molecule has 1 aromatic rings. The van der Waals surface area contributed by atoms with E-state index < -0.39 is 5.41 Å². The van der Waals surface area contributed by atoms with E-state index in [-0.39, 0.29) is 17.8 Å². The van der Waals surface area contributed by atoms with Gasteiger partial charge in [-0.2, -0.15) is 0 Å². The lowest BCUT2D eigenvalue weighted by molar-refractivity contribution is -0.126. The average Bonchev–Trinajstić information content (AvgIpc) is 2.86. The number of nitrogens with two attached hydrogens (primary N) is 1. The van der Waals surface area contributed by atoms with Crippen LogP contribution in [-0.2, 0) is 11.2 Å². The van der Waals surface area contributed by atoms with Crippen LogP contribution < -0.4 is 15.8 Å². The molecule has 0 spiro atoms. The molecule has 1 aromatic carbocycles. The average molecular weight is 277 g/mol. The summed E-state index contributed by atoms with van der Waals surface area (Å²) in [5.74, 6) is 0.445. The summed E-state index contributed by atoms with van der Waals surface area (Å²) >= 11 is 0. The van der Waals surface area contributed by atoms with Crippen molar-refractivity contribution in [1.82, 2.24) is 5.32 Å². The highest BCUT2D eigenvalue weighted by Crippen LogP contribution is 2.27. The van der Waals surface area contributed by atoms with Gasteiger partial charge in [-0.25, -0.2) is 0 Å². The lowest BCUT2D eigenvalue weighted by atomic mass is 9.91. The Morgan fingerprint density at radius 1 is 1.55 bits per heavy atom. The molecule has 6 nitrogen and oxygen atoms in total. The molecule has 0 bridgehead atoms. The Balaban J connectivity index is 1.90. The Morgan fingerprint density at radius 3 is 2.90 bits per heavy atom. The molecule has 1 heterocycles. The molecule has 0 saturated carbocycles. The highest BCUT2D eigenvalue weighted by molar-refractivity contribution is 6.05. The van der Waals surface area contributed by atoms with Crippen LogP contribution in [0.1, 0.15) is 19.4 Å². The molecule has 0 aliphatic carbocycles. The van der Waals surface area contributed by atoms with Gasteiger partial charge in [0.1, 0.15) is 17.3 Å². The third-order valence-corrected chi connectivity index (χ3v) is 3.52. The second-order valence-electron chi connectivity index (χ2n) is 5.37. The molecule has 2 rings (SSSR count). The van der Waals surface area contributed by atoms with Gasteiger partial charge in [0.2, 0.25) is 5.91 Å². The molecule has 0 aromatic heterocycles. The van der Waals surface area contributed by atoms with Gasteiger partial charge < -0.3 is 21.0 Å². The van der Waals surface area contributed by atoms with Gasteiger partial charge >= 0.3 is 0 Å². The fraction of sp³-hybridized carbons (Fsp3) is 0.429. The second kappa shape index (κ2) is 5.40. The molecule has 6 heteroatoms. The SMILES string of the molecule is CC(C)(C(=O)NCC1Cc2ccccc2O1)C(N)=NO. The van der Waals surface area contributed by atoms with E-state index in [1.807, 2.05) is 24.3 Å². The summed E-state index contributed by atoms with van der Waals surface area (Å²) in [5, 5.41) is 14.4. The predicted molar refractivity (Wildman–Crippen MR) is 74.8 cm³/mol. The summed E-state index contributed by atoms with van der Waals surface area (Å²) in [7, 11) is 0. The van der Waals surface area contributed by atoms with Gasteiger partial charge in [-0.3, -0.25) is 4.79 Å². The predicted octanol–water partition coefficient (Wildman–Crippen LogP) is 0.879. The number of fused-ring (bicyclic) bond motifs is 1. The van der Waals surface area contributed by atoms with Crippen LogP contribution in [0.2, 0.25) is 0 Å². The van der Waals surface area contributed by atoms with Crippen molar-refractivity contribution < 1.29 is 14.7 Å². The number of carbonyl (C=O) groups is 1. The van der Waals surface area contributed by atoms with Gasteiger partial charge in [-0.05, 0) is 25.5 Å². The largest absolute Gasteiger partial charge is 0.488 e. The number of amidine groups is 1. The lowest BCUT2D eigenvalue weighted by Crippen LogP contribution is -2.48. The highest BCUT2D eigenvalue weighted by atomic mass is 16.5. The zero-order valence-corrected chi connectivity index (χ0v) is 11.6. The maximum absolute atomic E-state index is 12.1. The molecule has 1 aliphatic heterocycles. The van der Waals surface area contributed by atoms with Crippen LogP contribution in [0.4, 0.5) is 0 Å². The molecule has 0 radical (unpaired) electrons. The number of benzene rings is 1. The van der Waals surface area contributed by atoms with Crippen molar-refractivity contribution in [2.75, 3.05) is 6.54 Å². The van der Waals surface area contributed by atoms with Gasteiger partial charge in [0.05, 0.1) is 6.54 Å². The minimum Gasteiger partial charge on any atom is -0.488 e. The number of nitrogens with one attached hydrogen (secondary N) is 1. The molecule has 0 fully saturated rings. The molecule has 20 heavy (non-hydrogen) atoms. The van der Waals surface area contributed by atoms with Crippen molar-refractivity contribution in [1.29, 1.82) is 0 Å². The van der Waals surface area contributed by atoms with Crippen molar-refractivity contribution in [3.63, 3.8) is 0 Å². The van der Waals surface area contributed by atoms with Crippen molar-refractivity contribution in [3.05, 3.63) is 29.8 Å². The van der Waals surface area contributed by atoms with Crippen molar-refractivity contribution in [2.24, 2.45) is 16.3 Å². The number of amides is 1. The first kappa shape index (κ1) is 14.2. The van der Waals surface area contributed by atoms with Crippen LogP contribution in [-0.4, -0.2) is 29.6 Å². The zero-order chi connectivity index (χ0) is 14.8. The highest BCUT2D eigenvalue weighted by Gasteiger charge is 2.33. The van der Waals surface area contributed by atoms with E-state index >= 15 is 0 Å². The zero-order valence-electron chi connectivity index (χ0n) is 11.6. The fourth-order valence-corrected chi connectivity index (χ4v) is 2.04. The van der Waals surface area contributed by atoms with E-state index in [9.17, 15) is 4.79 Å². The molecule has 108 valence electrons. The molecule has 1 aliphatic rings. The van der Waals surface area contributed by atoms with Gasteiger partial charge in [0.25, 0.3) is 0 Å². The Labute approximate surface area is 117 Å². The van der Waals surface area contributed by atoms with E-state index in [1.165, 1.54) is 0 Å². The number of oxime groups is 1. The van der Waals surface area contributed by atoms with E-state index in [1.54, 1.807) is 13.8 Å². The number of ether oxygens (including phenoxy) is 1. The van der Waals surface area contributed by atoms with Crippen molar-refractivity contribution >= 4 is 11.7 Å². The maximum Gasteiger partial charge on any atom is 0.233 e. The summed E-state index contributed by atoms with van der Waals surface area (Å²) < 4.78 is 5.73. The Bertz CT molecular complexity index is 515. The number of nitrogens with zero attached hydrogens (tertiary/aromatic N) is 1. The normalized spacial score (nSPS) is 18.3.